The van der Waals surface area contributed by atoms with E-state index in [1.54, 1.807) is 48.8 Å². The number of nitrogens with one attached hydrogen (secondary N) is 2. The molecule has 1 aromatic heterocycles. The third kappa shape index (κ3) is 4.55. The normalized spacial score (nSPS) is 15.8. The summed E-state index contributed by atoms with van der Waals surface area (Å²) in [6.07, 6.45) is 5.33. The van der Waals surface area contributed by atoms with Crippen molar-refractivity contribution in [2.24, 2.45) is 5.73 Å². The van der Waals surface area contributed by atoms with Crippen LogP contribution in [0.15, 0.2) is 73.1 Å². The molecule has 0 saturated carbocycles. The molecule has 6 heteroatoms. The van der Waals surface area contributed by atoms with Crippen molar-refractivity contribution in [1.82, 2.24) is 10.3 Å². The number of carbonyl (C=O) groups is 2. The van der Waals surface area contributed by atoms with Crippen LogP contribution in [0.3, 0.4) is 0 Å². The standard InChI is InChI=1S/C24H24N4O2/c25-21(15-23(29)28-22-10-9-16-3-1-2-4-20(16)22)17-5-7-18(8-6-17)24(30)27-19-11-13-26-14-12-19/h1-8,11-14,21-22H,9-10,15,25H2,(H,28,29)(H,26,27,30)/t21-,22+/m0/s1. The first-order chi connectivity index (χ1) is 14.6. The van der Waals surface area contributed by atoms with Gasteiger partial charge in [0.1, 0.15) is 0 Å². The Labute approximate surface area is 175 Å². The minimum absolute atomic E-state index is 0.0557. The predicted octanol–water partition coefficient (Wildman–Crippen LogP) is 3.53. The fourth-order valence-electron chi connectivity index (χ4n) is 3.80. The molecule has 6 nitrogen and oxygen atoms in total. The number of hydrogen-bond acceptors (Lipinski definition) is 4. The summed E-state index contributed by atoms with van der Waals surface area (Å²) < 4.78 is 0. The quantitative estimate of drug-likeness (QED) is 0.590. The van der Waals surface area contributed by atoms with E-state index in [9.17, 15) is 9.59 Å². The van der Waals surface area contributed by atoms with Crippen molar-refractivity contribution >= 4 is 17.5 Å². The van der Waals surface area contributed by atoms with Gasteiger partial charge in [0.2, 0.25) is 5.91 Å². The Morgan fingerprint density at radius 1 is 1.03 bits per heavy atom. The van der Waals surface area contributed by atoms with Crippen LogP contribution in [0.5, 0.6) is 0 Å². The molecule has 0 bridgehead atoms. The third-order valence-electron chi connectivity index (χ3n) is 5.41. The van der Waals surface area contributed by atoms with Gasteiger partial charge in [-0.15, -0.1) is 0 Å². The summed E-state index contributed by atoms with van der Waals surface area (Å²) in [6, 6.07) is 18.3. The van der Waals surface area contributed by atoms with E-state index in [0.29, 0.717) is 11.3 Å². The second-order valence-corrected chi connectivity index (χ2v) is 7.48. The zero-order valence-corrected chi connectivity index (χ0v) is 16.5. The minimum Gasteiger partial charge on any atom is -0.349 e. The molecule has 4 N–H and O–H groups in total. The first-order valence-electron chi connectivity index (χ1n) is 10.0. The van der Waals surface area contributed by atoms with Gasteiger partial charge in [0.25, 0.3) is 5.91 Å². The minimum atomic E-state index is -0.432. The van der Waals surface area contributed by atoms with Gasteiger partial charge in [0, 0.05) is 36.1 Å². The third-order valence-corrected chi connectivity index (χ3v) is 5.41. The van der Waals surface area contributed by atoms with Crippen molar-refractivity contribution in [2.75, 3.05) is 5.32 Å². The molecule has 1 aliphatic carbocycles. The molecule has 0 radical (unpaired) electrons. The summed E-state index contributed by atoms with van der Waals surface area (Å²) in [7, 11) is 0. The van der Waals surface area contributed by atoms with Crippen molar-refractivity contribution < 1.29 is 9.59 Å². The predicted molar refractivity (Wildman–Crippen MR) is 116 cm³/mol. The van der Waals surface area contributed by atoms with Gasteiger partial charge in [-0.3, -0.25) is 14.6 Å². The van der Waals surface area contributed by atoms with Gasteiger partial charge in [-0.25, -0.2) is 0 Å². The second-order valence-electron chi connectivity index (χ2n) is 7.48. The molecule has 0 unspecified atom stereocenters. The first kappa shape index (κ1) is 19.8. The molecule has 1 heterocycles. The number of fused-ring (bicyclic) bond motifs is 1. The van der Waals surface area contributed by atoms with Crippen molar-refractivity contribution in [1.29, 1.82) is 0 Å². The lowest BCUT2D eigenvalue weighted by molar-refractivity contribution is -0.122. The van der Waals surface area contributed by atoms with E-state index >= 15 is 0 Å². The molecular formula is C24H24N4O2. The Morgan fingerprint density at radius 2 is 1.77 bits per heavy atom. The first-order valence-corrected chi connectivity index (χ1v) is 10.0. The summed E-state index contributed by atoms with van der Waals surface area (Å²) in [5.74, 6) is -0.275. The molecule has 30 heavy (non-hydrogen) atoms. The highest BCUT2D eigenvalue weighted by Crippen LogP contribution is 2.31. The largest absolute Gasteiger partial charge is 0.349 e. The summed E-state index contributed by atoms with van der Waals surface area (Å²) in [5, 5.41) is 5.92. The van der Waals surface area contributed by atoms with E-state index in [1.807, 2.05) is 12.1 Å². The number of carbonyl (C=O) groups excluding carboxylic acids is 2. The highest BCUT2D eigenvalue weighted by molar-refractivity contribution is 6.04. The highest BCUT2D eigenvalue weighted by Gasteiger charge is 2.24. The molecule has 4 rings (SSSR count). The Morgan fingerprint density at radius 3 is 2.53 bits per heavy atom. The van der Waals surface area contributed by atoms with Gasteiger partial charge in [-0.05, 0) is 53.8 Å². The lowest BCUT2D eigenvalue weighted by Gasteiger charge is -2.17. The number of nitrogens with two attached hydrogens (primary N) is 1. The molecule has 152 valence electrons. The van der Waals surface area contributed by atoms with Crippen LogP contribution in [0.4, 0.5) is 5.69 Å². The van der Waals surface area contributed by atoms with E-state index in [-0.39, 0.29) is 24.3 Å². The van der Waals surface area contributed by atoms with Crippen LogP contribution in [0.2, 0.25) is 0 Å². The number of nitrogens with zero attached hydrogens (tertiary/aromatic N) is 1. The van der Waals surface area contributed by atoms with Crippen LogP contribution in [-0.4, -0.2) is 16.8 Å². The monoisotopic (exact) mass is 400 g/mol. The molecule has 2 aromatic carbocycles. The highest BCUT2D eigenvalue weighted by atomic mass is 16.2. The molecular weight excluding hydrogens is 376 g/mol. The van der Waals surface area contributed by atoms with E-state index in [1.165, 1.54) is 11.1 Å². The Hall–Kier alpha value is -3.51. The number of anilines is 1. The maximum absolute atomic E-state index is 12.5. The number of aromatic nitrogens is 1. The molecule has 2 amide bonds. The zero-order chi connectivity index (χ0) is 20.9. The van der Waals surface area contributed by atoms with Gasteiger partial charge in [-0.1, -0.05) is 36.4 Å². The maximum atomic E-state index is 12.5. The fraction of sp³-hybridized carbons (Fsp3) is 0.208. The summed E-state index contributed by atoms with van der Waals surface area (Å²) in [4.78, 5) is 28.8. The van der Waals surface area contributed by atoms with Gasteiger partial charge in [0.05, 0.1) is 6.04 Å². The molecule has 0 spiro atoms. The van der Waals surface area contributed by atoms with Crippen LogP contribution < -0.4 is 16.4 Å². The number of benzene rings is 2. The van der Waals surface area contributed by atoms with Crippen LogP contribution in [0.1, 0.15) is 52.0 Å². The molecule has 0 fully saturated rings. The molecule has 0 saturated heterocycles. The number of aryl methyl sites for hydroxylation is 1. The van der Waals surface area contributed by atoms with Crippen LogP contribution in [-0.2, 0) is 11.2 Å². The molecule has 2 atom stereocenters. The number of hydrogen-bond donors (Lipinski definition) is 3. The van der Waals surface area contributed by atoms with Crippen molar-refractivity contribution in [3.05, 3.63) is 95.3 Å². The maximum Gasteiger partial charge on any atom is 0.255 e. The summed E-state index contributed by atoms with van der Waals surface area (Å²) >= 11 is 0. The summed E-state index contributed by atoms with van der Waals surface area (Å²) in [5.41, 5.74) is 10.8. The SMILES string of the molecule is N[C@@H](CC(=O)N[C@@H]1CCc2ccccc21)c1ccc(C(=O)Nc2ccncc2)cc1. The lowest BCUT2D eigenvalue weighted by Crippen LogP contribution is -2.30. The number of rotatable bonds is 6. The average Bonchev–Trinajstić information content (AvgIpc) is 3.17. The van der Waals surface area contributed by atoms with E-state index in [2.05, 4.69) is 27.8 Å². The second kappa shape index (κ2) is 8.88. The van der Waals surface area contributed by atoms with E-state index < -0.39 is 6.04 Å². The molecule has 1 aliphatic rings. The topological polar surface area (TPSA) is 97.1 Å². The average molecular weight is 400 g/mol. The lowest BCUT2D eigenvalue weighted by atomic mass is 10.0. The van der Waals surface area contributed by atoms with Crippen molar-refractivity contribution in [3.8, 4) is 0 Å². The Kier molecular flexibility index (Phi) is 5.86. The van der Waals surface area contributed by atoms with Gasteiger partial charge < -0.3 is 16.4 Å². The van der Waals surface area contributed by atoms with Crippen LogP contribution in [0, 0.1) is 0 Å². The van der Waals surface area contributed by atoms with Crippen LogP contribution >= 0.6 is 0 Å². The van der Waals surface area contributed by atoms with Gasteiger partial charge >= 0.3 is 0 Å². The Bertz CT molecular complexity index is 1030. The van der Waals surface area contributed by atoms with Crippen molar-refractivity contribution in [3.63, 3.8) is 0 Å². The number of pyridine rings is 1. The van der Waals surface area contributed by atoms with Crippen LogP contribution in [0.25, 0.3) is 0 Å². The zero-order valence-electron chi connectivity index (χ0n) is 16.5. The molecule has 0 aliphatic heterocycles. The van der Waals surface area contributed by atoms with Crippen molar-refractivity contribution in [2.45, 2.75) is 31.3 Å². The van der Waals surface area contributed by atoms with E-state index in [0.717, 1.165) is 18.4 Å². The van der Waals surface area contributed by atoms with E-state index in [4.69, 9.17) is 5.73 Å². The fourth-order valence-corrected chi connectivity index (χ4v) is 3.80. The number of amides is 2. The van der Waals surface area contributed by atoms with Gasteiger partial charge in [-0.2, -0.15) is 0 Å². The summed E-state index contributed by atoms with van der Waals surface area (Å²) in [6.45, 7) is 0. The Balaban J connectivity index is 1.33. The smallest absolute Gasteiger partial charge is 0.255 e. The van der Waals surface area contributed by atoms with Gasteiger partial charge in [0.15, 0.2) is 0 Å². The molecule has 3 aromatic rings.